The van der Waals surface area contributed by atoms with E-state index in [0.29, 0.717) is 10.8 Å². The van der Waals surface area contributed by atoms with E-state index in [4.69, 9.17) is 21.1 Å². The number of benzene rings is 3. The Kier molecular flexibility index (Phi) is 8.55. The molecule has 0 aromatic heterocycles. The number of carbonyl (C=O) groups is 1. The van der Waals surface area contributed by atoms with Crippen molar-refractivity contribution in [3.05, 3.63) is 88.9 Å². The summed E-state index contributed by atoms with van der Waals surface area (Å²) >= 11 is 5.95. The monoisotopic (exact) mass is 502 g/mol. The number of hydrogen-bond acceptors (Lipinski definition) is 5. The molecule has 0 aliphatic heterocycles. The van der Waals surface area contributed by atoms with Crippen LogP contribution in [0, 0.1) is 0 Å². The van der Waals surface area contributed by atoms with Crippen molar-refractivity contribution >= 4 is 27.5 Å². The number of halogens is 1. The van der Waals surface area contributed by atoms with E-state index in [1.807, 2.05) is 49.4 Å². The minimum Gasteiger partial charge on any atom is -0.493 e. The van der Waals surface area contributed by atoms with E-state index in [1.54, 1.807) is 12.1 Å². The molecule has 0 aliphatic rings. The van der Waals surface area contributed by atoms with Crippen LogP contribution in [0.15, 0.2) is 77.7 Å². The third-order valence-corrected chi connectivity index (χ3v) is 7.01. The van der Waals surface area contributed by atoms with Gasteiger partial charge in [-0.25, -0.2) is 8.42 Å². The minimum atomic E-state index is -4.05. The highest BCUT2D eigenvalue weighted by molar-refractivity contribution is 7.89. The lowest BCUT2D eigenvalue weighted by molar-refractivity contribution is -0.123. The van der Waals surface area contributed by atoms with Crippen molar-refractivity contribution in [2.45, 2.75) is 30.3 Å². The fourth-order valence-electron chi connectivity index (χ4n) is 3.43. The van der Waals surface area contributed by atoms with Gasteiger partial charge in [0.15, 0.2) is 11.5 Å². The van der Waals surface area contributed by atoms with E-state index in [2.05, 4.69) is 10.0 Å². The molecule has 9 heteroatoms. The molecule has 3 aromatic rings. The Morgan fingerprint density at radius 2 is 1.59 bits per heavy atom. The molecule has 0 saturated carbocycles. The Morgan fingerprint density at radius 1 is 0.941 bits per heavy atom. The Morgan fingerprint density at radius 3 is 2.21 bits per heavy atom. The normalized spacial score (nSPS) is 13.1. The second-order valence-corrected chi connectivity index (χ2v) is 9.81. The second-order valence-electron chi connectivity index (χ2n) is 7.66. The van der Waals surface area contributed by atoms with Crippen LogP contribution in [0.2, 0.25) is 5.02 Å². The number of amides is 1. The Labute approximate surface area is 205 Å². The molecule has 0 heterocycles. The molecule has 0 radical (unpaired) electrons. The Bertz CT molecular complexity index is 1220. The number of methoxy groups -OCH3 is 2. The molecule has 0 aliphatic carbocycles. The highest BCUT2D eigenvalue weighted by Gasteiger charge is 2.28. The molecule has 3 rings (SSSR count). The molecule has 1 amide bonds. The van der Waals surface area contributed by atoms with E-state index in [-0.39, 0.29) is 23.1 Å². The first-order valence-electron chi connectivity index (χ1n) is 10.6. The lowest BCUT2D eigenvalue weighted by Gasteiger charge is -2.22. The Balaban J connectivity index is 1.86. The van der Waals surface area contributed by atoms with Crippen LogP contribution < -0.4 is 19.5 Å². The van der Waals surface area contributed by atoms with Gasteiger partial charge in [-0.2, -0.15) is 4.72 Å². The van der Waals surface area contributed by atoms with Gasteiger partial charge in [0.1, 0.15) is 6.04 Å². The fraction of sp³-hybridized carbons (Fsp3) is 0.240. The largest absolute Gasteiger partial charge is 0.493 e. The average Bonchev–Trinajstić information content (AvgIpc) is 2.84. The lowest BCUT2D eigenvalue weighted by atomic mass is 10.0. The summed E-state index contributed by atoms with van der Waals surface area (Å²) in [6.07, 6.45) is 0.173. The minimum absolute atomic E-state index is 0.0400. The predicted octanol–water partition coefficient (Wildman–Crippen LogP) is 4.12. The highest BCUT2D eigenvalue weighted by atomic mass is 35.5. The zero-order valence-corrected chi connectivity index (χ0v) is 20.7. The van der Waals surface area contributed by atoms with E-state index >= 15 is 0 Å². The van der Waals surface area contributed by atoms with Crippen LogP contribution in [0.3, 0.4) is 0 Å². The molecule has 2 atom stereocenters. The maximum atomic E-state index is 13.2. The third kappa shape index (κ3) is 6.50. The van der Waals surface area contributed by atoms with Crippen LogP contribution >= 0.6 is 11.6 Å². The van der Waals surface area contributed by atoms with Gasteiger partial charge in [-0.1, -0.05) is 54.1 Å². The summed E-state index contributed by atoms with van der Waals surface area (Å²) in [6.45, 7) is 1.82. The van der Waals surface area contributed by atoms with Crippen molar-refractivity contribution in [2.75, 3.05) is 14.2 Å². The first-order valence-corrected chi connectivity index (χ1v) is 12.4. The van der Waals surface area contributed by atoms with Crippen molar-refractivity contribution < 1.29 is 22.7 Å². The quantitative estimate of drug-likeness (QED) is 0.435. The van der Waals surface area contributed by atoms with Gasteiger partial charge in [0.2, 0.25) is 15.9 Å². The second kappa shape index (κ2) is 11.4. The molecular formula is C25H27ClN2O5S. The number of sulfonamides is 1. The SMILES string of the molecule is COc1ccc(S(=O)(=O)N[C@@H](Cc2ccccc2)C(=O)N[C@H](C)c2ccc(Cl)cc2)cc1OC. The standard InChI is InChI=1S/C25H27ClN2O5S/c1-17(19-9-11-20(26)12-10-19)27-25(29)22(15-18-7-5-4-6-8-18)28-34(30,31)21-13-14-23(32-2)24(16-21)33-3/h4-14,16-17,22,28H,15H2,1-3H3,(H,27,29)/t17-,22+/m1/s1. The summed E-state index contributed by atoms with van der Waals surface area (Å²) in [7, 11) is -1.17. The molecule has 3 aromatic carbocycles. The summed E-state index contributed by atoms with van der Waals surface area (Å²) in [5.41, 5.74) is 1.66. The highest BCUT2D eigenvalue weighted by Crippen LogP contribution is 2.29. The molecule has 0 bridgehead atoms. The van der Waals surface area contributed by atoms with Crippen molar-refractivity contribution in [3.63, 3.8) is 0 Å². The van der Waals surface area contributed by atoms with E-state index in [0.717, 1.165) is 11.1 Å². The summed E-state index contributed by atoms with van der Waals surface area (Å²) in [6, 6.07) is 19.2. The number of ether oxygens (including phenoxy) is 2. The molecule has 34 heavy (non-hydrogen) atoms. The van der Waals surface area contributed by atoms with Gasteiger partial charge < -0.3 is 14.8 Å². The zero-order valence-electron chi connectivity index (χ0n) is 19.1. The first kappa shape index (κ1) is 25.6. The lowest BCUT2D eigenvalue weighted by Crippen LogP contribution is -2.48. The van der Waals surface area contributed by atoms with Gasteiger partial charge in [0, 0.05) is 11.1 Å². The first-order chi connectivity index (χ1) is 16.2. The van der Waals surface area contributed by atoms with Gasteiger partial charge in [-0.15, -0.1) is 0 Å². The molecule has 2 N–H and O–H groups in total. The molecule has 180 valence electrons. The number of rotatable bonds is 10. The third-order valence-electron chi connectivity index (χ3n) is 5.29. The number of carbonyl (C=O) groups excluding carboxylic acids is 1. The number of nitrogens with one attached hydrogen (secondary N) is 2. The fourth-order valence-corrected chi connectivity index (χ4v) is 4.76. The zero-order chi connectivity index (χ0) is 24.7. The van der Waals surface area contributed by atoms with Crippen LogP contribution in [0.25, 0.3) is 0 Å². The molecule has 0 spiro atoms. The van der Waals surface area contributed by atoms with Gasteiger partial charge in [0.05, 0.1) is 25.2 Å². The maximum absolute atomic E-state index is 13.2. The van der Waals surface area contributed by atoms with Crippen LogP contribution in [0.1, 0.15) is 24.1 Å². The number of hydrogen-bond donors (Lipinski definition) is 2. The van der Waals surface area contributed by atoms with Gasteiger partial charge in [-0.3, -0.25) is 4.79 Å². The van der Waals surface area contributed by atoms with Crippen molar-refractivity contribution in [3.8, 4) is 11.5 Å². The predicted molar refractivity (Wildman–Crippen MR) is 132 cm³/mol. The summed E-state index contributed by atoms with van der Waals surface area (Å²) in [5.74, 6) is 0.220. The van der Waals surface area contributed by atoms with Crippen molar-refractivity contribution in [1.82, 2.24) is 10.0 Å². The van der Waals surface area contributed by atoms with E-state index in [1.165, 1.54) is 32.4 Å². The molecule has 0 fully saturated rings. The van der Waals surface area contributed by atoms with Gasteiger partial charge in [0.25, 0.3) is 0 Å². The van der Waals surface area contributed by atoms with Crippen LogP contribution in [0.5, 0.6) is 11.5 Å². The molecule has 7 nitrogen and oxygen atoms in total. The van der Waals surface area contributed by atoms with Crippen molar-refractivity contribution in [2.24, 2.45) is 0 Å². The van der Waals surface area contributed by atoms with Gasteiger partial charge >= 0.3 is 0 Å². The Hall–Kier alpha value is -3.07. The van der Waals surface area contributed by atoms with Crippen molar-refractivity contribution in [1.29, 1.82) is 0 Å². The summed E-state index contributed by atoms with van der Waals surface area (Å²) in [4.78, 5) is 13.2. The molecule has 0 unspecified atom stereocenters. The van der Waals surface area contributed by atoms with Gasteiger partial charge in [-0.05, 0) is 48.7 Å². The van der Waals surface area contributed by atoms with E-state index in [9.17, 15) is 13.2 Å². The van der Waals surface area contributed by atoms with E-state index < -0.39 is 22.0 Å². The van der Waals surface area contributed by atoms with Crippen LogP contribution in [-0.2, 0) is 21.2 Å². The van der Waals surface area contributed by atoms with Crippen LogP contribution in [0.4, 0.5) is 0 Å². The summed E-state index contributed by atoms with van der Waals surface area (Å²) in [5, 5.41) is 3.49. The molecular weight excluding hydrogens is 476 g/mol. The molecule has 0 saturated heterocycles. The smallest absolute Gasteiger partial charge is 0.241 e. The van der Waals surface area contributed by atoms with Crippen LogP contribution in [-0.4, -0.2) is 34.6 Å². The summed E-state index contributed by atoms with van der Waals surface area (Å²) < 4.78 is 39.4. The maximum Gasteiger partial charge on any atom is 0.241 e. The average molecular weight is 503 g/mol. The topological polar surface area (TPSA) is 93.7 Å².